The Bertz CT molecular complexity index is 828. The highest BCUT2D eigenvalue weighted by Crippen LogP contribution is 2.42. The van der Waals surface area contributed by atoms with Crippen molar-refractivity contribution in [3.05, 3.63) is 62.6 Å². The van der Waals surface area contributed by atoms with Crippen LogP contribution >= 0.6 is 34.8 Å². The van der Waals surface area contributed by atoms with Crippen LogP contribution in [0, 0.1) is 0 Å². The summed E-state index contributed by atoms with van der Waals surface area (Å²) in [6.45, 7) is 0.635. The van der Waals surface area contributed by atoms with Gasteiger partial charge in [-0.2, -0.15) is 0 Å². The molecule has 3 rings (SSSR count). The second kappa shape index (κ2) is 8.05. The fraction of sp³-hybridized carbons (Fsp3) is 0.316. The minimum atomic E-state index is -0.849. The van der Waals surface area contributed by atoms with Gasteiger partial charge in [0.15, 0.2) is 0 Å². The Balaban J connectivity index is 2.20. The summed E-state index contributed by atoms with van der Waals surface area (Å²) >= 11 is 18.8. The molecule has 138 valence electrons. The molecule has 1 N–H and O–H groups in total. The van der Waals surface area contributed by atoms with E-state index < -0.39 is 18.1 Å². The van der Waals surface area contributed by atoms with Gasteiger partial charge in [-0.1, -0.05) is 40.9 Å². The summed E-state index contributed by atoms with van der Waals surface area (Å²) in [7, 11) is 1.58. The fourth-order valence-corrected chi connectivity index (χ4v) is 4.22. The summed E-state index contributed by atoms with van der Waals surface area (Å²) in [5, 5.41) is 11.2. The molecule has 0 aliphatic carbocycles. The van der Waals surface area contributed by atoms with Crippen LogP contribution in [0.4, 0.5) is 0 Å². The molecular weight excluding hydrogens is 397 g/mol. The number of ether oxygens (including phenoxy) is 1. The van der Waals surface area contributed by atoms with Crippen LogP contribution in [0.5, 0.6) is 5.75 Å². The zero-order valence-electron chi connectivity index (χ0n) is 14.1. The number of methoxy groups -OCH3 is 1. The van der Waals surface area contributed by atoms with Crippen molar-refractivity contribution in [2.75, 3.05) is 13.7 Å². The lowest BCUT2D eigenvalue weighted by Crippen LogP contribution is -2.39. The quantitative estimate of drug-likeness (QED) is 0.722. The maximum absolute atomic E-state index is 11.8. The van der Waals surface area contributed by atoms with Crippen molar-refractivity contribution < 1.29 is 14.6 Å². The topological polar surface area (TPSA) is 49.8 Å². The number of carboxylic acids is 1. The average molecular weight is 415 g/mol. The van der Waals surface area contributed by atoms with Gasteiger partial charge in [0.25, 0.3) is 0 Å². The number of aliphatic carboxylic acids is 1. The van der Waals surface area contributed by atoms with Crippen molar-refractivity contribution in [2.45, 2.75) is 24.9 Å². The number of likely N-dealkylation sites (tertiary alicyclic amines) is 1. The largest absolute Gasteiger partial charge is 0.496 e. The van der Waals surface area contributed by atoms with E-state index in [1.165, 1.54) is 0 Å². The first-order valence-corrected chi connectivity index (χ1v) is 9.32. The van der Waals surface area contributed by atoms with Crippen LogP contribution < -0.4 is 4.74 Å². The van der Waals surface area contributed by atoms with Gasteiger partial charge in [0.1, 0.15) is 11.8 Å². The van der Waals surface area contributed by atoms with Gasteiger partial charge in [-0.25, -0.2) is 0 Å². The van der Waals surface area contributed by atoms with E-state index in [1.807, 2.05) is 11.0 Å². The van der Waals surface area contributed by atoms with Crippen molar-refractivity contribution in [2.24, 2.45) is 0 Å². The molecule has 1 fully saturated rings. The molecule has 0 spiro atoms. The van der Waals surface area contributed by atoms with Crippen LogP contribution in [0.3, 0.4) is 0 Å². The lowest BCUT2D eigenvalue weighted by molar-refractivity contribution is -0.142. The van der Waals surface area contributed by atoms with E-state index in [0.717, 1.165) is 17.5 Å². The molecule has 0 aromatic heterocycles. The summed E-state index contributed by atoms with van der Waals surface area (Å²) in [6.07, 6.45) is 1.38. The molecule has 7 heteroatoms. The van der Waals surface area contributed by atoms with E-state index in [4.69, 9.17) is 39.5 Å². The maximum Gasteiger partial charge on any atom is 0.320 e. The van der Waals surface area contributed by atoms with E-state index in [0.29, 0.717) is 33.8 Å². The van der Waals surface area contributed by atoms with Gasteiger partial charge in [0.05, 0.1) is 13.2 Å². The molecule has 2 aromatic carbocycles. The van der Waals surface area contributed by atoms with Crippen molar-refractivity contribution in [3.8, 4) is 5.75 Å². The molecule has 2 aromatic rings. The van der Waals surface area contributed by atoms with Crippen molar-refractivity contribution >= 4 is 40.8 Å². The summed E-state index contributed by atoms with van der Waals surface area (Å²) in [6, 6.07) is 9.55. The van der Waals surface area contributed by atoms with Gasteiger partial charge in [0.2, 0.25) is 0 Å². The molecule has 0 bridgehead atoms. The zero-order chi connectivity index (χ0) is 18.8. The lowest BCUT2D eigenvalue weighted by atomic mass is 9.95. The predicted molar refractivity (Wildman–Crippen MR) is 104 cm³/mol. The summed E-state index contributed by atoms with van der Waals surface area (Å²) in [5.74, 6) is -0.222. The minimum Gasteiger partial charge on any atom is -0.496 e. The summed E-state index contributed by atoms with van der Waals surface area (Å²) < 4.78 is 5.52. The summed E-state index contributed by atoms with van der Waals surface area (Å²) in [5.41, 5.74) is 1.54. The van der Waals surface area contributed by atoms with E-state index in [9.17, 15) is 9.90 Å². The van der Waals surface area contributed by atoms with Gasteiger partial charge in [-0.05, 0) is 48.7 Å². The second-order valence-electron chi connectivity index (χ2n) is 6.19. The van der Waals surface area contributed by atoms with Crippen molar-refractivity contribution in [3.63, 3.8) is 0 Å². The third-order valence-corrected chi connectivity index (χ3v) is 5.45. The van der Waals surface area contributed by atoms with Gasteiger partial charge in [0, 0.05) is 27.2 Å². The predicted octanol–water partition coefficient (Wildman–Crippen LogP) is 5.29. The average Bonchev–Trinajstić information content (AvgIpc) is 3.07. The number of halogens is 3. The van der Waals surface area contributed by atoms with Crippen LogP contribution in [0.25, 0.3) is 0 Å². The highest BCUT2D eigenvalue weighted by molar-refractivity contribution is 6.35. The SMILES string of the molecule is COc1ccc(Cl)cc1C(c1ccc(Cl)cc1Cl)N1CCCC1C(=O)O. The molecule has 0 amide bonds. The first-order valence-electron chi connectivity index (χ1n) is 8.19. The van der Waals surface area contributed by atoms with Gasteiger partial charge < -0.3 is 9.84 Å². The zero-order valence-corrected chi connectivity index (χ0v) is 16.4. The fourth-order valence-electron chi connectivity index (χ4n) is 3.53. The molecule has 26 heavy (non-hydrogen) atoms. The number of carboxylic acid groups (broad SMARTS) is 1. The van der Waals surface area contributed by atoms with Gasteiger partial charge in [-0.15, -0.1) is 0 Å². The first-order chi connectivity index (χ1) is 12.4. The molecule has 4 nitrogen and oxygen atoms in total. The van der Waals surface area contributed by atoms with E-state index in [2.05, 4.69) is 0 Å². The van der Waals surface area contributed by atoms with Crippen LogP contribution in [-0.4, -0.2) is 35.7 Å². The van der Waals surface area contributed by atoms with Gasteiger partial charge in [-0.3, -0.25) is 9.69 Å². The van der Waals surface area contributed by atoms with Crippen LogP contribution in [0.1, 0.15) is 30.0 Å². The molecular formula is C19H18Cl3NO3. The van der Waals surface area contributed by atoms with Crippen LogP contribution in [0.15, 0.2) is 36.4 Å². The number of rotatable bonds is 5. The molecule has 2 unspecified atom stereocenters. The molecule has 1 heterocycles. The molecule has 1 aliphatic heterocycles. The van der Waals surface area contributed by atoms with Crippen LogP contribution in [-0.2, 0) is 4.79 Å². The number of hydrogen-bond donors (Lipinski definition) is 1. The maximum atomic E-state index is 11.8. The molecule has 1 aliphatic rings. The second-order valence-corrected chi connectivity index (χ2v) is 7.47. The Hall–Kier alpha value is -1.46. The standard InChI is InChI=1S/C19H18Cl3NO3/c1-26-17-7-5-11(20)9-14(17)18(13-6-4-12(21)10-15(13)22)23-8-2-3-16(23)19(24)25/h4-7,9-10,16,18H,2-3,8H2,1H3,(H,24,25). The van der Waals surface area contributed by atoms with Gasteiger partial charge >= 0.3 is 5.97 Å². The van der Waals surface area contributed by atoms with E-state index in [-0.39, 0.29) is 0 Å². The Morgan fingerprint density at radius 3 is 2.50 bits per heavy atom. The van der Waals surface area contributed by atoms with E-state index >= 15 is 0 Å². The first kappa shape index (κ1) is 19.3. The Kier molecular flexibility index (Phi) is 5.98. The monoisotopic (exact) mass is 413 g/mol. The van der Waals surface area contributed by atoms with E-state index in [1.54, 1.807) is 37.4 Å². The molecule has 0 radical (unpaired) electrons. The number of benzene rings is 2. The Morgan fingerprint density at radius 1 is 1.15 bits per heavy atom. The minimum absolute atomic E-state index is 0.406. The molecule has 1 saturated heterocycles. The highest BCUT2D eigenvalue weighted by Gasteiger charge is 2.38. The molecule has 2 atom stereocenters. The normalized spacial score (nSPS) is 18.7. The Morgan fingerprint density at radius 2 is 1.85 bits per heavy atom. The lowest BCUT2D eigenvalue weighted by Gasteiger charge is -2.33. The Labute approximate surface area is 167 Å². The highest BCUT2D eigenvalue weighted by atomic mass is 35.5. The third kappa shape index (κ3) is 3.79. The number of hydrogen-bond acceptors (Lipinski definition) is 3. The van der Waals surface area contributed by atoms with Crippen molar-refractivity contribution in [1.29, 1.82) is 0 Å². The molecule has 0 saturated carbocycles. The van der Waals surface area contributed by atoms with Crippen molar-refractivity contribution in [1.82, 2.24) is 4.90 Å². The third-order valence-electron chi connectivity index (χ3n) is 4.65. The summed E-state index contributed by atoms with van der Waals surface area (Å²) in [4.78, 5) is 13.7. The smallest absolute Gasteiger partial charge is 0.320 e. The van der Waals surface area contributed by atoms with Crippen LogP contribution in [0.2, 0.25) is 15.1 Å². The number of nitrogens with zero attached hydrogens (tertiary/aromatic N) is 1. The number of carbonyl (C=O) groups is 1.